The van der Waals surface area contributed by atoms with Crippen LogP contribution in [0.5, 0.6) is 5.75 Å². The van der Waals surface area contributed by atoms with Crippen molar-refractivity contribution in [2.75, 3.05) is 5.32 Å². The van der Waals surface area contributed by atoms with Gasteiger partial charge in [0.2, 0.25) is 11.8 Å². The van der Waals surface area contributed by atoms with Crippen molar-refractivity contribution in [2.45, 2.75) is 25.9 Å². The molecule has 0 bridgehead atoms. The Morgan fingerprint density at radius 1 is 1.54 bits per heavy atom. The molecule has 0 aromatic carbocycles. The third-order valence-corrected chi connectivity index (χ3v) is 4.98. The molecule has 2 aliphatic heterocycles. The first-order chi connectivity index (χ1) is 13.5. The first-order valence-corrected chi connectivity index (χ1v) is 8.78. The number of carbonyl (C=O) groups excluding carboxylic acids is 2. The fourth-order valence-electron chi connectivity index (χ4n) is 3.54. The quantitative estimate of drug-likeness (QED) is 0.372. The number of anilines is 1. The summed E-state index contributed by atoms with van der Waals surface area (Å²) in [7, 11) is 0. The molecule has 9 heteroatoms. The van der Waals surface area contributed by atoms with Crippen LogP contribution in [0.2, 0.25) is 0 Å². The van der Waals surface area contributed by atoms with E-state index in [0.29, 0.717) is 41.5 Å². The maximum atomic E-state index is 11.7. The minimum Gasteiger partial charge on any atom is -0.489 e. The summed E-state index contributed by atoms with van der Waals surface area (Å²) in [5, 5.41) is 5.86. The van der Waals surface area contributed by atoms with Gasteiger partial charge in [-0.15, -0.1) is 0 Å². The van der Waals surface area contributed by atoms with Crippen LogP contribution >= 0.6 is 0 Å². The highest BCUT2D eigenvalue weighted by Gasteiger charge is 2.62. The zero-order valence-corrected chi connectivity index (χ0v) is 15.1. The monoisotopic (exact) mass is 379 g/mol. The summed E-state index contributed by atoms with van der Waals surface area (Å²) >= 11 is 0. The van der Waals surface area contributed by atoms with Gasteiger partial charge in [0.25, 0.3) is 0 Å². The summed E-state index contributed by atoms with van der Waals surface area (Å²) in [6.45, 7) is 5.78. The van der Waals surface area contributed by atoms with Crippen molar-refractivity contribution in [2.24, 2.45) is 17.0 Å². The molecular formula is C19H17N5O4. The van der Waals surface area contributed by atoms with Gasteiger partial charge in [-0.25, -0.2) is 4.98 Å². The SMILES string of the molecule is C=C1/C(=C\C=C(/C)Oc2ccnc3c2CCC(=O)N3)O[C@H]2[C@@H]1[C@@H]2C(=O)N=[N+]=[N-]. The van der Waals surface area contributed by atoms with Crippen molar-refractivity contribution in [3.63, 3.8) is 0 Å². The lowest BCUT2D eigenvalue weighted by Crippen LogP contribution is -2.20. The first kappa shape index (κ1) is 17.8. The molecule has 28 heavy (non-hydrogen) atoms. The second kappa shape index (κ2) is 6.86. The van der Waals surface area contributed by atoms with Crippen LogP contribution in [-0.2, 0) is 20.7 Å². The summed E-state index contributed by atoms with van der Waals surface area (Å²) in [5.41, 5.74) is 9.94. The molecule has 3 heterocycles. The molecule has 0 radical (unpaired) electrons. The average Bonchev–Trinajstić information content (AvgIpc) is 3.29. The number of fused-ring (bicyclic) bond motifs is 2. The van der Waals surface area contributed by atoms with Gasteiger partial charge in [-0.3, -0.25) is 9.59 Å². The lowest BCUT2D eigenvalue weighted by atomic mass is 10.1. The molecule has 1 aliphatic carbocycles. The van der Waals surface area contributed by atoms with E-state index in [1.807, 2.05) is 0 Å². The molecule has 9 nitrogen and oxygen atoms in total. The van der Waals surface area contributed by atoms with Gasteiger partial charge in [-0.2, -0.15) is 0 Å². The molecule has 1 saturated carbocycles. The van der Waals surface area contributed by atoms with Crippen LogP contribution in [0, 0.1) is 11.8 Å². The number of rotatable bonds is 4. The minimum atomic E-state index is -0.512. The number of nitrogens with one attached hydrogen (secondary N) is 1. The standard InChI is InChI=1S/C19H17N5O4/c1-9(27-13-7-8-21-18-11(13)4-6-14(25)22-18)3-5-12-10(2)15-16(17(15)28-12)19(26)23-24-20/h3,5,7-8,15-17H,2,4,6H2,1H3,(H,21,22,25)/b9-3+,12-5+/t15-,16-,17-/m0/s1. The maximum absolute atomic E-state index is 11.7. The Bertz CT molecular complexity index is 1010. The van der Waals surface area contributed by atoms with Crippen molar-refractivity contribution in [1.82, 2.24) is 4.98 Å². The fraction of sp³-hybridized carbons (Fsp3) is 0.316. The number of ether oxygens (including phenoxy) is 2. The summed E-state index contributed by atoms with van der Waals surface area (Å²) < 4.78 is 11.6. The van der Waals surface area contributed by atoms with E-state index in [9.17, 15) is 9.59 Å². The maximum Gasteiger partial charge on any atom is 0.226 e. The molecule has 4 rings (SSSR count). The van der Waals surface area contributed by atoms with E-state index in [1.165, 1.54) is 0 Å². The van der Waals surface area contributed by atoms with Crippen molar-refractivity contribution in [3.05, 3.63) is 64.1 Å². The molecule has 1 saturated heterocycles. The Hall–Kier alpha value is -3.58. The Kier molecular flexibility index (Phi) is 4.37. The van der Waals surface area contributed by atoms with Gasteiger partial charge in [0.05, 0.1) is 5.92 Å². The van der Waals surface area contributed by atoms with E-state index < -0.39 is 11.8 Å². The van der Waals surface area contributed by atoms with Crippen LogP contribution in [0.15, 0.2) is 53.2 Å². The Balaban J connectivity index is 1.44. The summed E-state index contributed by atoms with van der Waals surface area (Å²) in [5.74, 6) is 1.26. The van der Waals surface area contributed by atoms with Crippen LogP contribution < -0.4 is 10.1 Å². The second-order valence-electron chi connectivity index (χ2n) is 6.78. The molecule has 3 aliphatic rings. The average molecular weight is 379 g/mol. The van der Waals surface area contributed by atoms with Gasteiger partial charge >= 0.3 is 0 Å². The van der Waals surface area contributed by atoms with Crippen LogP contribution in [-0.4, -0.2) is 22.9 Å². The van der Waals surface area contributed by atoms with Crippen LogP contribution in [0.3, 0.4) is 0 Å². The van der Waals surface area contributed by atoms with Crippen molar-refractivity contribution in [1.29, 1.82) is 0 Å². The number of amides is 2. The van der Waals surface area contributed by atoms with Gasteiger partial charge < -0.3 is 14.8 Å². The van der Waals surface area contributed by atoms with Crippen molar-refractivity contribution < 1.29 is 19.1 Å². The third-order valence-electron chi connectivity index (χ3n) is 4.98. The predicted molar refractivity (Wildman–Crippen MR) is 98.8 cm³/mol. The number of hydrogen-bond donors (Lipinski definition) is 1. The number of allylic oxidation sites excluding steroid dienone is 4. The van der Waals surface area contributed by atoms with E-state index in [-0.39, 0.29) is 17.9 Å². The zero-order chi connectivity index (χ0) is 19.8. The molecule has 2 fully saturated rings. The molecule has 1 N–H and O–H groups in total. The zero-order valence-electron chi connectivity index (χ0n) is 15.1. The van der Waals surface area contributed by atoms with Crippen LogP contribution in [0.25, 0.3) is 10.4 Å². The van der Waals surface area contributed by atoms with Crippen molar-refractivity contribution >= 4 is 17.6 Å². The Morgan fingerprint density at radius 2 is 2.36 bits per heavy atom. The number of aromatic nitrogens is 1. The predicted octanol–water partition coefficient (Wildman–Crippen LogP) is 3.17. The van der Waals surface area contributed by atoms with Gasteiger partial charge in [0, 0.05) is 29.0 Å². The highest BCUT2D eigenvalue weighted by Crippen LogP contribution is 2.56. The number of azide groups is 1. The lowest BCUT2D eigenvalue weighted by molar-refractivity contribution is -0.120. The van der Waals surface area contributed by atoms with Crippen LogP contribution in [0.1, 0.15) is 18.9 Å². The Labute approximate surface area is 160 Å². The third kappa shape index (κ3) is 3.12. The number of hydrogen-bond acceptors (Lipinski definition) is 5. The topological polar surface area (TPSA) is 126 Å². The Morgan fingerprint density at radius 3 is 3.07 bits per heavy atom. The van der Waals surface area contributed by atoms with Crippen LogP contribution in [0.4, 0.5) is 5.82 Å². The fourth-order valence-corrected chi connectivity index (χ4v) is 3.54. The molecular weight excluding hydrogens is 362 g/mol. The number of carbonyl (C=O) groups is 2. The van der Waals surface area contributed by atoms with E-state index in [2.05, 4.69) is 26.9 Å². The van der Waals surface area contributed by atoms with Gasteiger partial charge in [-0.05, 0) is 47.8 Å². The minimum absolute atomic E-state index is 0.0538. The number of nitrogens with zero attached hydrogens (tertiary/aromatic N) is 4. The molecule has 2 amide bonds. The normalized spacial score (nSPS) is 26.5. The summed E-state index contributed by atoms with van der Waals surface area (Å²) in [4.78, 5) is 29.8. The van der Waals surface area contributed by atoms with Gasteiger partial charge in [0.1, 0.15) is 29.2 Å². The van der Waals surface area contributed by atoms with E-state index in [0.717, 1.165) is 5.56 Å². The second-order valence-corrected chi connectivity index (χ2v) is 6.78. The first-order valence-electron chi connectivity index (χ1n) is 8.78. The molecule has 142 valence electrons. The lowest BCUT2D eigenvalue weighted by Gasteiger charge is -2.18. The summed E-state index contributed by atoms with van der Waals surface area (Å²) in [6.07, 6.45) is 5.75. The summed E-state index contributed by atoms with van der Waals surface area (Å²) in [6, 6.07) is 1.76. The molecule has 1 aromatic heterocycles. The highest BCUT2D eigenvalue weighted by molar-refractivity contribution is 5.93. The van der Waals surface area contributed by atoms with E-state index in [1.54, 1.807) is 31.3 Å². The number of pyridine rings is 1. The molecule has 1 aromatic rings. The smallest absolute Gasteiger partial charge is 0.226 e. The van der Waals surface area contributed by atoms with Crippen molar-refractivity contribution in [3.8, 4) is 5.75 Å². The van der Waals surface area contributed by atoms with E-state index in [4.69, 9.17) is 15.0 Å². The van der Waals surface area contributed by atoms with Gasteiger partial charge in [-0.1, -0.05) is 6.58 Å². The molecule has 3 atom stereocenters. The molecule has 0 spiro atoms. The van der Waals surface area contributed by atoms with Gasteiger partial charge in [0.15, 0.2) is 0 Å². The highest BCUT2D eigenvalue weighted by atomic mass is 16.5. The van der Waals surface area contributed by atoms with E-state index >= 15 is 0 Å². The molecule has 0 unspecified atom stereocenters. The largest absolute Gasteiger partial charge is 0.489 e.